The van der Waals surface area contributed by atoms with Crippen LogP contribution in [-0.2, 0) is 39.3 Å². The number of rotatable bonds is 1. The number of aromatic nitrogens is 1. The molecule has 3 heteroatoms. The summed E-state index contributed by atoms with van der Waals surface area (Å²) in [7, 11) is 0. The largest absolute Gasteiger partial charge is 0.392 e. The van der Waals surface area contributed by atoms with E-state index in [4.69, 9.17) is 6.48 Å². The molecule has 1 radical (unpaired) electrons. The Morgan fingerprint density at radius 1 is 1.11 bits per heavy atom. The Hall–Kier alpha value is -0.306. The topological polar surface area (TPSA) is 33.1 Å². The third kappa shape index (κ3) is 6.58. The predicted octanol–water partition coefficient (Wildman–Crippen LogP) is 4.23. The van der Waals surface area contributed by atoms with Crippen LogP contribution in [0.4, 0.5) is 0 Å². The molecule has 2 nitrogen and oxygen atoms in total. The Morgan fingerprint density at radius 3 is 2.22 bits per heavy atom. The third-order valence-electron chi connectivity index (χ3n) is 1.82. The van der Waals surface area contributed by atoms with Crippen molar-refractivity contribution in [3.8, 4) is 0 Å². The molecule has 0 fully saturated rings. The Kier molecular flexibility index (Phi) is 16.4. The van der Waals surface area contributed by atoms with E-state index in [2.05, 4.69) is 4.98 Å². The van der Waals surface area contributed by atoms with Crippen molar-refractivity contribution in [1.29, 1.82) is 0 Å². The number of hydrogen-bond donors (Lipinski definition) is 1. The molecule has 0 aliphatic rings. The van der Waals surface area contributed by atoms with E-state index in [1.54, 1.807) is 12.3 Å². The first-order chi connectivity index (χ1) is 8.29. The average molecular weight is 324 g/mol. The van der Waals surface area contributed by atoms with Gasteiger partial charge in [-0.2, -0.15) is 0 Å². The zero-order valence-electron chi connectivity index (χ0n) is 13.0. The fourth-order valence-electron chi connectivity index (χ4n) is 1.23. The van der Waals surface area contributed by atoms with Crippen LogP contribution in [0.15, 0.2) is 36.5 Å². The molecule has 2 aromatic rings. The molecule has 1 heterocycles. The van der Waals surface area contributed by atoms with Gasteiger partial charge in [0.2, 0.25) is 0 Å². The Morgan fingerprint density at radius 2 is 1.67 bits per heavy atom. The molecule has 0 saturated carbocycles. The van der Waals surface area contributed by atoms with Crippen molar-refractivity contribution < 1.29 is 39.2 Å². The van der Waals surface area contributed by atoms with Crippen LogP contribution in [0.3, 0.4) is 0 Å². The number of benzene rings is 1. The van der Waals surface area contributed by atoms with E-state index in [1.165, 1.54) is 0 Å². The van der Waals surface area contributed by atoms with Gasteiger partial charge in [0.1, 0.15) is 0 Å². The number of nitrogens with zero attached hydrogens (tertiary/aromatic N) is 1. The van der Waals surface area contributed by atoms with Gasteiger partial charge < -0.3 is 12.5 Å². The zero-order chi connectivity index (χ0) is 13.3. The van der Waals surface area contributed by atoms with Gasteiger partial charge in [-0.25, -0.2) is 0 Å². The van der Waals surface area contributed by atoms with Gasteiger partial charge >= 0.3 is 0 Å². The summed E-state index contributed by atoms with van der Waals surface area (Å²) in [4.78, 5) is 4.13. The van der Waals surface area contributed by atoms with Crippen molar-refractivity contribution in [2.75, 3.05) is 0 Å². The summed E-state index contributed by atoms with van der Waals surface area (Å²) in [5.41, 5.74) is 1.41. The Bertz CT molecular complexity index is 430. The van der Waals surface area contributed by atoms with Gasteiger partial charge in [-0.15, -0.1) is 0 Å². The molecule has 2 rings (SSSR count). The van der Waals surface area contributed by atoms with Crippen LogP contribution in [0.25, 0.3) is 10.9 Å². The second-order valence-corrected chi connectivity index (χ2v) is 2.55. The van der Waals surface area contributed by atoms with E-state index in [9.17, 15) is 0 Å². The van der Waals surface area contributed by atoms with Crippen molar-refractivity contribution in [2.24, 2.45) is 0 Å². The Balaban J connectivity index is -0.000000392. The number of fused-ring (bicyclic) bond motifs is 1. The number of para-hydroxylation sites is 1. The van der Waals surface area contributed by atoms with E-state index in [-0.39, 0.29) is 40.1 Å². The van der Waals surface area contributed by atoms with Gasteiger partial charge in [0.25, 0.3) is 0 Å². The van der Waals surface area contributed by atoms with Gasteiger partial charge in [-0.05, 0) is 17.7 Å². The summed E-state index contributed by atoms with van der Waals surface area (Å²) in [6.45, 7) is 6.81. The van der Waals surface area contributed by atoms with Gasteiger partial charge in [0.05, 0.1) is 13.5 Å². The second kappa shape index (κ2) is 14.8. The normalized spacial score (nSPS) is 10.2. The molecule has 1 unspecified atom stereocenters. The number of aliphatic hydroxyl groups is 1. The van der Waals surface area contributed by atoms with Crippen molar-refractivity contribution >= 4 is 10.9 Å². The standard InChI is InChI=1S/C10H9NO.2C2H6.CH3.Y/c12-7-8-5-6-11-10-4-2-1-3-9(8)10;2*1-2;;/h1-6,12H,7H2;2*1-2H3;1H3;/q;;;-1;/i7D;;;;. The molecule has 0 saturated heterocycles. The van der Waals surface area contributed by atoms with Crippen molar-refractivity contribution in [3.05, 3.63) is 49.5 Å². The fraction of sp³-hybridized carbons (Fsp3) is 0.333. The molecule has 0 bridgehead atoms. The predicted molar refractivity (Wildman–Crippen MR) is 76.8 cm³/mol. The van der Waals surface area contributed by atoms with Crippen molar-refractivity contribution in [1.82, 2.24) is 4.98 Å². The summed E-state index contributed by atoms with van der Waals surface area (Å²) in [5, 5.41) is 10.0. The van der Waals surface area contributed by atoms with E-state index in [1.807, 2.05) is 52.0 Å². The van der Waals surface area contributed by atoms with E-state index in [0.717, 1.165) is 10.9 Å². The molecule has 1 N–H and O–H groups in total. The SMILES string of the molecule is CC.CC.[2H]C(O)c1ccnc2ccccc12.[CH3-].[Y]. The van der Waals surface area contributed by atoms with Gasteiger partial charge in [-0.1, -0.05) is 45.9 Å². The van der Waals surface area contributed by atoms with Crippen LogP contribution in [0, 0.1) is 7.43 Å². The molecule has 0 aliphatic heterocycles. The maximum atomic E-state index is 9.16. The molecular formula is C15H24NOY-. The van der Waals surface area contributed by atoms with Crippen LogP contribution in [0.1, 0.15) is 34.6 Å². The van der Waals surface area contributed by atoms with Crippen LogP contribution < -0.4 is 0 Å². The van der Waals surface area contributed by atoms with Gasteiger partial charge in [-0.3, -0.25) is 4.98 Å². The van der Waals surface area contributed by atoms with Gasteiger partial charge in [0, 0.05) is 44.3 Å². The zero-order valence-corrected chi connectivity index (χ0v) is 14.9. The first-order valence-corrected chi connectivity index (χ1v) is 5.73. The maximum Gasteiger partial charge on any atom is 0.0705 e. The molecule has 0 amide bonds. The van der Waals surface area contributed by atoms with Crippen LogP contribution >= 0.6 is 0 Å². The van der Waals surface area contributed by atoms with E-state index >= 15 is 0 Å². The molecule has 99 valence electrons. The van der Waals surface area contributed by atoms with Crippen molar-refractivity contribution in [3.63, 3.8) is 0 Å². The fourth-order valence-corrected chi connectivity index (χ4v) is 1.23. The van der Waals surface area contributed by atoms with Crippen LogP contribution in [-0.4, -0.2) is 10.1 Å². The van der Waals surface area contributed by atoms with Crippen LogP contribution in [0.5, 0.6) is 0 Å². The summed E-state index contributed by atoms with van der Waals surface area (Å²) < 4.78 is 7.23. The second-order valence-electron chi connectivity index (χ2n) is 2.55. The molecular weight excluding hydrogens is 299 g/mol. The monoisotopic (exact) mass is 324 g/mol. The average Bonchev–Trinajstić information content (AvgIpc) is 2.42. The Labute approximate surface area is 138 Å². The number of hydrogen-bond acceptors (Lipinski definition) is 2. The first-order valence-electron chi connectivity index (χ1n) is 6.31. The minimum absolute atomic E-state index is 0. The van der Waals surface area contributed by atoms with E-state index < -0.39 is 6.58 Å². The molecule has 18 heavy (non-hydrogen) atoms. The summed E-state index contributed by atoms with van der Waals surface area (Å²) in [6, 6.07) is 9.14. The number of pyridine rings is 1. The molecule has 1 aromatic heterocycles. The maximum absolute atomic E-state index is 9.16. The summed E-state index contributed by atoms with van der Waals surface area (Å²) in [6.07, 6.45) is 1.61. The molecule has 1 aromatic carbocycles. The smallest absolute Gasteiger partial charge is 0.0705 e. The van der Waals surface area contributed by atoms with E-state index in [0.29, 0.717) is 5.56 Å². The van der Waals surface area contributed by atoms with Crippen molar-refractivity contribution in [2.45, 2.75) is 34.3 Å². The molecule has 1 atom stereocenters. The third-order valence-corrected chi connectivity index (χ3v) is 1.82. The summed E-state index contributed by atoms with van der Waals surface area (Å²) in [5.74, 6) is 0. The minimum atomic E-state index is -1.19. The van der Waals surface area contributed by atoms with Gasteiger partial charge in [0.15, 0.2) is 0 Å². The number of aliphatic hydroxyl groups excluding tert-OH is 1. The first kappa shape index (κ1) is 20.0. The van der Waals surface area contributed by atoms with Crippen LogP contribution in [0.2, 0.25) is 0 Å². The quantitative estimate of drug-likeness (QED) is 0.797. The molecule has 0 aliphatic carbocycles. The molecule has 0 spiro atoms. The minimum Gasteiger partial charge on any atom is -0.392 e. The summed E-state index contributed by atoms with van der Waals surface area (Å²) >= 11 is 0.